The standard InChI is InChI=1S/C31H30ClF3N8O3/c1-37-39-18-43(36)27-11-8-21(32)15-20(27)7-12-29(44)42-24-5-3-4-6-28(31(33,34)35)41-25-17-22(40-30(45)46-2)9-10-23(25)19-13-14-38-26(24)16-19/h3-4,7-18,24,28,41H,1,5-6,36H2,2H3,(H,40,45)(H,42,44)/b4-3+,12-7+,39-18-/t24-,28?/m0/s1. The second kappa shape index (κ2) is 15.2. The number of nitrogens with one attached hydrogen (secondary N) is 3. The van der Waals surface area contributed by atoms with E-state index in [1.165, 1.54) is 48.9 Å². The number of rotatable bonds is 7. The summed E-state index contributed by atoms with van der Waals surface area (Å²) in [4.78, 5) is 29.3. The van der Waals surface area contributed by atoms with Gasteiger partial charge in [-0.05, 0) is 66.9 Å². The SMILES string of the molecule is C=N/N=C\N(N)c1ccc(Cl)cc1/C=C/C(=O)N[C@H]1C/C=C/CC(C(F)(F)F)Nc2cc(NC(=O)OC)ccc2-c2ccnc1c2. The summed E-state index contributed by atoms with van der Waals surface area (Å²) in [6.45, 7) is 3.26. The molecule has 4 rings (SSSR count). The first kappa shape index (κ1) is 33.7. The number of hydrogen-bond acceptors (Lipinski definition) is 8. The summed E-state index contributed by atoms with van der Waals surface area (Å²) in [6, 6.07) is 10.1. The number of pyridine rings is 1. The van der Waals surface area contributed by atoms with Gasteiger partial charge in [-0.1, -0.05) is 29.8 Å². The highest BCUT2D eigenvalue weighted by molar-refractivity contribution is 6.30. The van der Waals surface area contributed by atoms with Crippen LogP contribution in [0.2, 0.25) is 5.02 Å². The first-order valence-corrected chi connectivity index (χ1v) is 14.1. The van der Waals surface area contributed by atoms with Crippen LogP contribution in [0.15, 0.2) is 83.2 Å². The molecular weight excluding hydrogens is 625 g/mol. The van der Waals surface area contributed by atoms with E-state index >= 15 is 0 Å². The number of fused-ring (bicyclic) bond motifs is 4. The quantitative estimate of drug-likeness (QED) is 0.0570. The Morgan fingerprint density at radius 3 is 2.70 bits per heavy atom. The third kappa shape index (κ3) is 8.92. The Kier molecular flexibility index (Phi) is 11.1. The number of carbonyl (C=O) groups excluding carboxylic acids is 2. The lowest BCUT2D eigenvalue weighted by Crippen LogP contribution is -2.36. The molecule has 0 saturated heterocycles. The van der Waals surface area contributed by atoms with Crippen LogP contribution in [0.3, 0.4) is 0 Å². The van der Waals surface area contributed by atoms with E-state index in [1.807, 2.05) is 0 Å². The zero-order valence-electron chi connectivity index (χ0n) is 24.5. The molecule has 0 fully saturated rings. The van der Waals surface area contributed by atoms with Gasteiger partial charge in [-0.2, -0.15) is 18.3 Å². The number of aromatic nitrogens is 1. The summed E-state index contributed by atoms with van der Waals surface area (Å²) in [5.41, 5.74) is 2.79. The smallest absolute Gasteiger partial charge is 0.411 e. The number of amides is 2. The minimum absolute atomic E-state index is 0.131. The van der Waals surface area contributed by atoms with Crippen molar-refractivity contribution in [3.63, 3.8) is 0 Å². The Bertz CT molecular complexity index is 1680. The van der Waals surface area contributed by atoms with E-state index < -0.39 is 36.7 Å². The molecule has 11 nitrogen and oxygen atoms in total. The summed E-state index contributed by atoms with van der Waals surface area (Å²) < 4.78 is 46.9. The molecule has 15 heteroatoms. The van der Waals surface area contributed by atoms with E-state index in [4.69, 9.17) is 17.4 Å². The lowest BCUT2D eigenvalue weighted by Gasteiger charge is -2.25. The number of carbonyl (C=O) groups is 2. The zero-order valence-corrected chi connectivity index (χ0v) is 25.2. The van der Waals surface area contributed by atoms with Crippen LogP contribution in [0, 0.1) is 0 Å². The van der Waals surface area contributed by atoms with Crippen molar-refractivity contribution in [2.75, 3.05) is 22.8 Å². The molecule has 46 heavy (non-hydrogen) atoms. The lowest BCUT2D eigenvalue weighted by molar-refractivity contribution is -0.141. The van der Waals surface area contributed by atoms with Crippen molar-refractivity contribution in [1.29, 1.82) is 0 Å². The monoisotopic (exact) mass is 654 g/mol. The molecule has 2 aromatic carbocycles. The van der Waals surface area contributed by atoms with E-state index in [9.17, 15) is 22.8 Å². The zero-order chi connectivity index (χ0) is 33.3. The van der Waals surface area contributed by atoms with Gasteiger partial charge in [0, 0.05) is 46.5 Å². The third-order valence-electron chi connectivity index (χ3n) is 6.79. The van der Waals surface area contributed by atoms with E-state index in [-0.39, 0.29) is 17.8 Å². The molecule has 0 saturated carbocycles. The van der Waals surface area contributed by atoms with Gasteiger partial charge in [0.15, 0.2) is 0 Å². The average molecular weight is 655 g/mol. The Morgan fingerprint density at radius 1 is 1.17 bits per heavy atom. The summed E-state index contributed by atoms with van der Waals surface area (Å²) in [7, 11) is 1.18. The van der Waals surface area contributed by atoms with Crippen molar-refractivity contribution >= 4 is 59.8 Å². The summed E-state index contributed by atoms with van der Waals surface area (Å²) >= 11 is 6.16. The molecule has 0 aliphatic carbocycles. The van der Waals surface area contributed by atoms with Crippen molar-refractivity contribution in [3.8, 4) is 11.1 Å². The predicted molar refractivity (Wildman–Crippen MR) is 174 cm³/mol. The number of ether oxygens (including phenoxy) is 1. The van der Waals surface area contributed by atoms with Crippen molar-refractivity contribution in [1.82, 2.24) is 10.3 Å². The molecule has 1 aliphatic heterocycles. The van der Waals surface area contributed by atoms with Crippen molar-refractivity contribution in [3.05, 3.63) is 89.2 Å². The molecule has 3 aromatic rings. The molecule has 1 unspecified atom stereocenters. The van der Waals surface area contributed by atoms with E-state index in [1.54, 1.807) is 48.5 Å². The minimum Gasteiger partial charge on any atom is -0.453 e. The van der Waals surface area contributed by atoms with Crippen molar-refractivity contribution in [2.24, 2.45) is 16.0 Å². The maximum absolute atomic E-state index is 14.1. The highest BCUT2D eigenvalue weighted by atomic mass is 35.5. The fourth-order valence-electron chi connectivity index (χ4n) is 4.58. The van der Waals surface area contributed by atoms with Crippen LogP contribution in [-0.4, -0.2) is 49.4 Å². The van der Waals surface area contributed by atoms with E-state index in [0.29, 0.717) is 33.1 Å². The topological polar surface area (TPSA) is 146 Å². The number of alkyl halides is 3. The number of nitrogens with two attached hydrogens (primary N) is 1. The van der Waals surface area contributed by atoms with E-state index in [0.717, 1.165) is 0 Å². The van der Waals surface area contributed by atoms with Gasteiger partial charge < -0.3 is 15.4 Å². The van der Waals surface area contributed by atoms with Crippen LogP contribution in [0.1, 0.15) is 30.1 Å². The molecule has 240 valence electrons. The van der Waals surface area contributed by atoms with Gasteiger partial charge in [-0.3, -0.25) is 20.1 Å². The second-order valence-electron chi connectivity index (χ2n) is 9.90. The van der Waals surface area contributed by atoms with Crippen LogP contribution in [0.5, 0.6) is 0 Å². The first-order chi connectivity index (χ1) is 22.0. The van der Waals surface area contributed by atoms with Gasteiger partial charge in [0.25, 0.3) is 0 Å². The molecule has 2 atom stereocenters. The number of methoxy groups -OCH3 is 1. The molecule has 2 amide bonds. The third-order valence-corrected chi connectivity index (χ3v) is 7.03. The maximum Gasteiger partial charge on any atom is 0.411 e. The molecule has 0 radical (unpaired) electrons. The summed E-state index contributed by atoms with van der Waals surface area (Å²) in [5.74, 6) is 5.52. The largest absolute Gasteiger partial charge is 0.453 e. The van der Waals surface area contributed by atoms with Gasteiger partial charge in [0.2, 0.25) is 5.91 Å². The number of anilines is 3. The molecular formula is C31H30ClF3N8O3. The minimum atomic E-state index is -4.59. The number of hydrazine groups is 1. The highest BCUT2D eigenvalue weighted by Crippen LogP contribution is 2.36. The average Bonchev–Trinajstić information content (AvgIpc) is 3.02. The van der Waals surface area contributed by atoms with Crippen molar-refractivity contribution < 1.29 is 27.5 Å². The number of hydrogen-bond donors (Lipinski definition) is 4. The van der Waals surface area contributed by atoms with E-state index in [2.05, 4.69) is 42.6 Å². The molecule has 1 aromatic heterocycles. The molecule has 2 heterocycles. The van der Waals surface area contributed by atoms with Crippen LogP contribution < -0.4 is 26.8 Å². The van der Waals surface area contributed by atoms with Gasteiger partial charge in [0.1, 0.15) is 12.4 Å². The van der Waals surface area contributed by atoms with Gasteiger partial charge in [-0.15, -0.1) is 5.10 Å². The highest BCUT2D eigenvalue weighted by Gasteiger charge is 2.39. The Morgan fingerprint density at radius 2 is 1.96 bits per heavy atom. The normalized spacial score (nSPS) is 17.2. The second-order valence-corrected chi connectivity index (χ2v) is 10.3. The molecule has 5 N–H and O–H groups in total. The van der Waals surface area contributed by atoms with Gasteiger partial charge >= 0.3 is 12.3 Å². The molecule has 2 bridgehead atoms. The summed E-state index contributed by atoms with van der Waals surface area (Å²) in [6.07, 6.45) is 2.91. The van der Waals surface area contributed by atoms with Crippen molar-refractivity contribution in [2.45, 2.75) is 31.1 Å². The fraction of sp³-hybridized carbons (Fsp3) is 0.194. The Balaban J connectivity index is 1.68. The predicted octanol–water partition coefficient (Wildman–Crippen LogP) is 6.47. The molecule has 1 aliphatic rings. The number of benzene rings is 2. The molecule has 0 spiro atoms. The fourth-order valence-corrected chi connectivity index (χ4v) is 4.76. The lowest BCUT2D eigenvalue weighted by atomic mass is 9.98. The van der Waals surface area contributed by atoms with Crippen LogP contribution in [-0.2, 0) is 9.53 Å². The summed E-state index contributed by atoms with van der Waals surface area (Å²) in [5, 5.41) is 16.6. The first-order valence-electron chi connectivity index (χ1n) is 13.7. The number of nitrogens with zero attached hydrogens (tertiary/aromatic N) is 4. The van der Waals surface area contributed by atoms with Crippen LogP contribution in [0.4, 0.5) is 35.0 Å². The van der Waals surface area contributed by atoms with Crippen LogP contribution in [0.25, 0.3) is 17.2 Å². The Hall–Kier alpha value is -5.21. The maximum atomic E-state index is 14.1. The van der Waals surface area contributed by atoms with Gasteiger partial charge in [-0.25, -0.2) is 10.6 Å². The van der Waals surface area contributed by atoms with Gasteiger partial charge in [0.05, 0.1) is 24.5 Å². The Labute approximate surface area is 267 Å². The van der Waals surface area contributed by atoms with Crippen LogP contribution >= 0.6 is 11.6 Å². The number of halogens is 4.